The summed E-state index contributed by atoms with van der Waals surface area (Å²) in [5, 5.41) is 0. The lowest BCUT2D eigenvalue weighted by molar-refractivity contribution is -0.167. The molecule has 6 nitrogen and oxygen atoms in total. The molecule has 0 bridgehead atoms. The molecule has 0 aliphatic heterocycles. The Kier molecular flexibility index (Phi) is 58.4. The average Bonchev–Trinajstić information content (AvgIpc) is 3.41. The van der Waals surface area contributed by atoms with Gasteiger partial charge in [0, 0.05) is 19.3 Å². The molecule has 0 fully saturated rings. The van der Waals surface area contributed by atoms with Gasteiger partial charge in [0.2, 0.25) is 0 Å². The first-order chi connectivity index (χ1) is 37.0. The first-order valence-electron chi connectivity index (χ1n) is 30.7. The van der Waals surface area contributed by atoms with Gasteiger partial charge in [-0.3, -0.25) is 14.4 Å². The van der Waals surface area contributed by atoms with Crippen LogP contribution in [0.1, 0.15) is 265 Å². The molecular weight excluding hydrogens is 925 g/mol. The van der Waals surface area contributed by atoms with Gasteiger partial charge in [-0.15, -0.1) is 0 Å². The van der Waals surface area contributed by atoms with E-state index in [1.807, 2.05) is 0 Å². The number of carbonyl (C=O) groups is 3. The van der Waals surface area contributed by atoms with E-state index in [1.165, 1.54) is 64.2 Å². The van der Waals surface area contributed by atoms with Crippen molar-refractivity contribution in [2.45, 2.75) is 271 Å². The van der Waals surface area contributed by atoms with Crippen LogP contribution in [0.5, 0.6) is 0 Å². The van der Waals surface area contributed by atoms with Crippen LogP contribution in [0.2, 0.25) is 0 Å². The quantitative estimate of drug-likeness (QED) is 0.0261. The summed E-state index contributed by atoms with van der Waals surface area (Å²) in [5.74, 6) is -0.950. The average molecular weight is 1040 g/mol. The van der Waals surface area contributed by atoms with Crippen LogP contribution in [0.25, 0.3) is 0 Å². The first-order valence-corrected chi connectivity index (χ1v) is 30.7. The number of unbranched alkanes of at least 4 members (excludes halogenated alkanes) is 21. The molecule has 0 saturated heterocycles. The highest BCUT2D eigenvalue weighted by molar-refractivity contribution is 5.71. The molecule has 0 rings (SSSR count). The van der Waals surface area contributed by atoms with Crippen LogP contribution < -0.4 is 0 Å². The van der Waals surface area contributed by atoms with Crippen LogP contribution in [0, 0.1) is 0 Å². The van der Waals surface area contributed by atoms with Crippen LogP contribution in [0.15, 0.2) is 134 Å². The number of hydrogen-bond donors (Lipinski definition) is 0. The molecule has 0 heterocycles. The molecule has 424 valence electrons. The van der Waals surface area contributed by atoms with E-state index in [9.17, 15) is 14.4 Å². The van der Waals surface area contributed by atoms with Crippen LogP contribution in [-0.4, -0.2) is 37.2 Å². The second-order valence-corrected chi connectivity index (χ2v) is 19.9. The Hall–Kier alpha value is -4.45. The van der Waals surface area contributed by atoms with Crippen molar-refractivity contribution >= 4 is 17.9 Å². The highest BCUT2D eigenvalue weighted by atomic mass is 16.6. The molecule has 1 unspecified atom stereocenters. The smallest absolute Gasteiger partial charge is 0.306 e. The predicted molar refractivity (Wildman–Crippen MR) is 325 cm³/mol. The lowest BCUT2D eigenvalue weighted by atomic mass is 10.1. The molecule has 0 aliphatic rings. The molecular formula is C69H112O6. The van der Waals surface area contributed by atoms with E-state index < -0.39 is 6.10 Å². The van der Waals surface area contributed by atoms with Gasteiger partial charge in [0.1, 0.15) is 13.2 Å². The van der Waals surface area contributed by atoms with E-state index in [0.29, 0.717) is 19.3 Å². The molecule has 0 saturated carbocycles. The molecule has 0 N–H and O–H groups in total. The minimum absolute atomic E-state index is 0.0997. The van der Waals surface area contributed by atoms with Crippen molar-refractivity contribution in [3.05, 3.63) is 134 Å². The summed E-state index contributed by atoms with van der Waals surface area (Å²) < 4.78 is 16.8. The van der Waals surface area contributed by atoms with E-state index in [0.717, 1.165) is 161 Å². The number of allylic oxidation sites excluding steroid dienone is 22. The van der Waals surface area contributed by atoms with Gasteiger partial charge in [-0.05, 0) is 141 Å². The van der Waals surface area contributed by atoms with E-state index in [4.69, 9.17) is 14.2 Å². The fraction of sp³-hybridized carbons (Fsp3) is 0.638. The van der Waals surface area contributed by atoms with E-state index >= 15 is 0 Å². The summed E-state index contributed by atoms with van der Waals surface area (Å²) in [7, 11) is 0. The molecule has 0 radical (unpaired) electrons. The molecule has 1 atom stereocenters. The molecule has 0 aromatic carbocycles. The summed E-state index contributed by atoms with van der Waals surface area (Å²) in [6, 6.07) is 0. The minimum Gasteiger partial charge on any atom is -0.462 e. The molecule has 0 amide bonds. The van der Waals surface area contributed by atoms with Gasteiger partial charge < -0.3 is 14.2 Å². The van der Waals surface area contributed by atoms with Crippen molar-refractivity contribution in [1.82, 2.24) is 0 Å². The molecule has 75 heavy (non-hydrogen) atoms. The van der Waals surface area contributed by atoms with E-state index in [1.54, 1.807) is 0 Å². The Bertz CT molecular complexity index is 1620. The fourth-order valence-electron chi connectivity index (χ4n) is 8.01. The van der Waals surface area contributed by atoms with Crippen molar-refractivity contribution in [3.63, 3.8) is 0 Å². The second kappa shape index (κ2) is 62.1. The van der Waals surface area contributed by atoms with Crippen LogP contribution in [-0.2, 0) is 28.6 Å². The number of ether oxygens (including phenoxy) is 3. The monoisotopic (exact) mass is 1040 g/mol. The number of hydrogen-bond acceptors (Lipinski definition) is 6. The van der Waals surface area contributed by atoms with Gasteiger partial charge >= 0.3 is 17.9 Å². The van der Waals surface area contributed by atoms with Gasteiger partial charge in [0.15, 0.2) is 6.10 Å². The summed E-state index contributed by atoms with van der Waals surface area (Å²) >= 11 is 0. The summed E-state index contributed by atoms with van der Waals surface area (Å²) in [6.45, 7) is 6.44. The lowest BCUT2D eigenvalue weighted by Gasteiger charge is -2.18. The zero-order chi connectivity index (χ0) is 54.3. The summed E-state index contributed by atoms with van der Waals surface area (Å²) in [4.78, 5) is 38.2. The van der Waals surface area contributed by atoms with Gasteiger partial charge in [0.25, 0.3) is 0 Å². The van der Waals surface area contributed by atoms with Crippen molar-refractivity contribution in [3.8, 4) is 0 Å². The highest BCUT2D eigenvalue weighted by Crippen LogP contribution is 2.13. The highest BCUT2D eigenvalue weighted by Gasteiger charge is 2.19. The Labute approximate surface area is 462 Å². The maximum Gasteiger partial charge on any atom is 0.306 e. The Morgan fingerprint density at radius 3 is 0.853 bits per heavy atom. The Morgan fingerprint density at radius 1 is 0.280 bits per heavy atom. The van der Waals surface area contributed by atoms with E-state index in [2.05, 4.69) is 154 Å². The Morgan fingerprint density at radius 2 is 0.520 bits per heavy atom. The molecule has 6 heteroatoms. The number of carbonyl (C=O) groups excluding carboxylic acids is 3. The summed E-state index contributed by atoms with van der Waals surface area (Å²) in [6.07, 6.45) is 87.3. The Balaban J connectivity index is 4.39. The SMILES string of the molecule is CC/C=C\C/C=C\C/C=C\C/C=C\C/C=C\C/C=C\C/C=C\C/C=C\CCCCCCC(=O)OCC(COC(=O)CCCCCCC/C=C\CCCCC)OC(=O)CCCCCCC/C=C\C/C=C\CCCCCC. The second-order valence-electron chi connectivity index (χ2n) is 19.9. The number of rotatable bonds is 54. The largest absolute Gasteiger partial charge is 0.462 e. The molecule has 0 aromatic rings. The fourth-order valence-corrected chi connectivity index (χ4v) is 8.01. The minimum atomic E-state index is -0.804. The van der Waals surface area contributed by atoms with Crippen molar-refractivity contribution in [2.24, 2.45) is 0 Å². The van der Waals surface area contributed by atoms with Gasteiger partial charge in [-0.1, -0.05) is 238 Å². The number of esters is 3. The van der Waals surface area contributed by atoms with Gasteiger partial charge in [-0.2, -0.15) is 0 Å². The lowest BCUT2D eigenvalue weighted by Crippen LogP contribution is -2.30. The van der Waals surface area contributed by atoms with Crippen LogP contribution in [0.3, 0.4) is 0 Å². The van der Waals surface area contributed by atoms with Crippen molar-refractivity contribution in [2.75, 3.05) is 13.2 Å². The zero-order valence-electron chi connectivity index (χ0n) is 48.5. The first kappa shape index (κ1) is 70.5. The summed E-state index contributed by atoms with van der Waals surface area (Å²) in [5.41, 5.74) is 0. The third-order valence-corrected chi connectivity index (χ3v) is 12.6. The standard InChI is InChI=1S/C69H112O6/c1-4-7-10-13-16-19-22-25-27-29-30-31-32-33-34-35-36-37-38-39-40-41-43-44-47-50-53-56-59-62-68(71)74-65-66(64-73-67(70)61-58-55-52-49-46-24-21-18-15-12-9-6-3)75-69(72)63-60-57-54-51-48-45-42-28-26-23-20-17-14-11-8-5-2/h7,10,16,18-21,23,25,27-28,30-31,33-34,36-37,39-40,42-44,66H,4-6,8-9,11-15,17,22,24,26,29,32,35,38,41,45-65H2,1-3H3/b10-7-,19-16-,21-18-,23-20-,27-25-,31-30-,34-33-,37-36-,40-39-,42-28-,44-43-. The molecule has 0 aromatic heterocycles. The maximum atomic E-state index is 12.9. The topological polar surface area (TPSA) is 78.9 Å². The van der Waals surface area contributed by atoms with Gasteiger partial charge in [0.05, 0.1) is 0 Å². The maximum absolute atomic E-state index is 12.9. The van der Waals surface area contributed by atoms with Gasteiger partial charge in [-0.25, -0.2) is 0 Å². The molecule has 0 aliphatic carbocycles. The third kappa shape index (κ3) is 60.3. The van der Waals surface area contributed by atoms with Crippen LogP contribution in [0.4, 0.5) is 0 Å². The van der Waals surface area contributed by atoms with Crippen molar-refractivity contribution in [1.29, 1.82) is 0 Å². The third-order valence-electron chi connectivity index (χ3n) is 12.6. The van der Waals surface area contributed by atoms with Crippen LogP contribution >= 0.6 is 0 Å². The van der Waals surface area contributed by atoms with E-state index in [-0.39, 0.29) is 31.1 Å². The van der Waals surface area contributed by atoms with Crippen molar-refractivity contribution < 1.29 is 28.6 Å². The normalized spacial score (nSPS) is 13.1. The molecule has 0 spiro atoms. The zero-order valence-corrected chi connectivity index (χ0v) is 48.5. The predicted octanol–water partition coefficient (Wildman–Crippen LogP) is 21.0.